The number of carbonyl (C=O) groups is 1. The van der Waals surface area contributed by atoms with Crippen molar-refractivity contribution in [2.24, 2.45) is 0 Å². The molecule has 0 heterocycles. The van der Waals surface area contributed by atoms with Crippen molar-refractivity contribution in [3.8, 4) is 11.5 Å². The molecule has 0 bridgehead atoms. The van der Waals surface area contributed by atoms with E-state index in [1.807, 2.05) is 0 Å². The molecule has 0 unspecified atom stereocenters. The molecule has 0 aliphatic heterocycles. The number of hydrogen-bond donors (Lipinski definition) is 0. The largest absolute Gasteiger partial charge is 0.497 e. The van der Waals surface area contributed by atoms with E-state index in [0.717, 1.165) is 6.07 Å². The second-order valence-corrected chi connectivity index (χ2v) is 2.89. The van der Waals surface area contributed by atoms with Gasteiger partial charge in [0.15, 0.2) is 0 Å². The molecule has 0 spiro atoms. The predicted octanol–water partition coefficient (Wildman–Crippen LogP) is 2.45. The maximum atomic E-state index is 12.2. The monoisotopic (exact) mass is 234 g/mol. The molecule has 0 aliphatic carbocycles. The lowest BCUT2D eigenvalue weighted by Gasteiger charge is -2.11. The summed E-state index contributed by atoms with van der Waals surface area (Å²) in [6, 6.07) is 3.65. The lowest BCUT2D eigenvalue weighted by Crippen LogP contribution is -2.23. The number of ether oxygens (including phenoxy) is 2. The first kappa shape index (κ1) is 12.4. The van der Waals surface area contributed by atoms with Gasteiger partial charge in [-0.25, -0.2) is 0 Å². The summed E-state index contributed by atoms with van der Waals surface area (Å²) < 4.78 is 46.1. The van der Waals surface area contributed by atoms with Gasteiger partial charge < -0.3 is 9.47 Å². The molecule has 0 fully saturated rings. The smallest absolute Gasteiger partial charge is 0.455 e. The molecule has 0 atom stereocenters. The molecule has 0 N–H and O–H groups in total. The van der Waals surface area contributed by atoms with Gasteiger partial charge in [0.05, 0.1) is 19.8 Å². The van der Waals surface area contributed by atoms with Crippen LogP contribution in [-0.2, 0) is 0 Å². The Morgan fingerprint density at radius 2 is 1.81 bits per heavy atom. The summed E-state index contributed by atoms with van der Waals surface area (Å²) in [7, 11) is 2.48. The Hall–Kier alpha value is -1.72. The first-order valence-electron chi connectivity index (χ1n) is 4.23. The third-order valence-electron chi connectivity index (χ3n) is 1.91. The van der Waals surface area contributed by atoms with Crippen molar-refractivity contribution < 1.29 is 27.4 Å². The summed E-state index contributed by atoms with van der Waals surface area (Å²) in [5.41, 5.74) is -0.561. The fourth-order valence-electron chi connectivity index (χ4n) is 1.14. The lowest BCUT2D eigenvalue weighted by molar-refractivity contribution is -0.0886. The van der Waals surface area contributed by atoms with Crippen LogP contribution < -0.4 is 9.47 Å². The van der Waals surface area contributed by atoms with Crippen LogP contribution in [0.1, 0.15) is 10.4 Å². The number of hydrogen-bond acceptors (Lipinski definition) is 3. The minimum absolute atomic E-state index is 0.136. The van der Waals surface area contributed by atoms with E-state index in [1.165, 1.54) is 26.4 Å². The highest BCUT2D eigenvalue weighted by Gasteiger charge is 2.41. The molecule has 0 saturated carbocycles. The molecule has 3 nitrogen and oxygen atoms in total. The SMILES string of the molecule is COc1ccc(OC)c(C(=O)C(F)(F)F)c1. The van der Waals surface area contributed by atoms with Gasteiger partial charge in [-0.3, -0.25) is 4.79 Å². The number of halogens is 3. The van der Waals surface area contributed by atoms with Gasteiger partial charge in [-0.15, -0.1) is 0 Å². The van der Waals surface area contributed by atoms with E-state index in [1.54, 1.807) is 0 Å². The molecule has 0 saturated heterocycles. The van der Waals surface area contributed by atoms with Crippen LogP contribution in [0, 0.1) is 0 Å². The molecule has 1 rings (SSSR count). The maximum absolute atomic E-state index is 12.2. The molecule has 1 aromatic carbocycles. The van der Waals surface area contributed by atoms with E-state index in [2.05, 4.69) is 4.74 Å². The summed E-state index contributed by atoms with van der Waals surface area (Å²) in [6.45, 7) is 0. The molecule has 0 aliphatic rings. The summed E-state index contributed by atoms with van der Waals surface area (Å²) in [6.07, 6.45) is -4.93. The van der Waals surface area contributed by atoms with Gasteiger partial charge in [-0.2, -0.15) is 13.2 Å². The Balaban J connectivity index is 3.24. The maximum Gasteiger partial charge on any atom is 0.455 e. The average Bonchev–Trinajstić information content (AvgIpc) is 2.25. The highest BCUT2D eigenvalue weighted by Crippen LogP contribution is 2.30. The van der Waals surface area contributed by atoms with E-state index < -0.39 is 17.5 Å². The van der Waals surface area contributed by atoms with Crippen molar-refractivity contribution in [3.05, 3.63) is 23.8 Å². The molecular formula is C10H9F3O3. The molecule has 1 aromatic rings. The van der Waals surface area contributed by atoms with Gasteiger partial charge in [-0.1, -0.05) is 0 Å². The molecule has 0 amide bonds. The van der Waals surface area contributed by atoms with Crippen LogP contribution in [0.25, 0.3) is 0 Å². The van der Waals surface area contributed by atoms with Crippen molar-refractivity contribution in [2.45, 2.75) is 6.18 Å². The van der Waals surface area contributed by atoms with Gasteiger partial charge in [0.1, 0.15) is 11.5 Å². The number of alkyl halides is 3. The minimum Gasteiger partial charge on any atom is -0.497 e. The number of Topliss-reactive ketones (excluding diaryl/α,β-unsaturated/α-hetero) is 1. The molecule has 16 heavy (non-hydrogen) atoms. The molecule has 0 radical (unpaired) electrons. The first-order chi connectivity index (χ1) is 7.40. The minimum atomic E-state index is -4.93. The Morgan fingerprint density at radius 3 is 2.25 bits per heavy atom. The van der Waals surface area contributed by atoms with Gasteiger partial charge in [0.25, 0.3) is 5.78 Å². The third kappa shape index (κ3) is 2.44. The van der Waals surface area contributed by atoms with E-state index in [0.29, 0.717) is 0 Å². The normalized spacial score (nSPS) is 11.1. The second kappa shape index (κ2) is 4.42. The van der Waals surface area contributed by atoms with Crippen molar-refractivity contribution >= 4 is 5.78 Å². The highest BCUT2D eigenvalue weighted by atomic mass is 19.4. The van der Waals surface area contributed by atoms with Gasteiger partial charge in [-0.05, 0) is 18.2 Å². The first-order valence-corrected chi connectivity index (χ1v) is 4.23. The van der Waals surface area contributed by atoms with Gasteiger partial charge in [0.2, 0.25) is 0 Å². The van der Waals surface area contributed by atoms with Crippen molar-refractivity contribution in [2.75, 3.05) is 14.2 Å². The molecular weight excluding hydrogens is 225 g/mol. The number of methoxy groups -OCH3 is 2. The summed E-state index contributed by atoms with van der Waals surface area (Å²) in [4.78, 5) is 11.1. The highest BCUT2D eigenvalue weighted by molar-refractivity contribution is 6.02. The van der Waals surface area contributed by atoms with E-state index in [-0.39, 0.29) is 11.5 Å². The molecule has 6 heteroatoms. The average molecular weight is 234 g/mol. The Morgan fingerprint density at radius 1 is 1.19 bits per heavy atom. The zero-order valence-electron chi connectivity index (χ0n) is 8.59. The van der Waals surface area contributed by atoms with E-state index >= 15 is 0 Å². The van der Waals surface area contributed by atoms with Crippen LogP contribution in [0.5, 0.6) is 11.5 Å². The summed E-state index contributed by atoms with van der Waals surface area (Å²) >= 11 is 0. The van der Waals surface area contributed by atoms with Crippen LogP contribution in [0.3, 0.4) is 0 Å². The zero-order valence-corrected chi connectivity index (χ0v) is 8.59. The van der Waals surface area contributed by atoms with Gasteiger partial charge >= 0.3 is 6.18 Å². The van der Waals surface area contributed by atoms with Crippen molar-refractivity contribution in [1.29, 1.82) is 0 Å². The number of ketones is 1. The van der Waals surface area contributed by atoms with E-state index in [4.69, 9.17) is 4.74 Å². The fourth-order valence-corrected chi connectivity index (χ4v) is 1.14. The number of benzene rings is 1. The van der Waals surface area contributed by atoms with Gasteiger partial charge in [0, 0.05) is 0 Å². The topological polar surface area (TPSA) is 35.5 Å². The third-order valence-corrected chi connectivity index (χ3v) is 1.91. The fraction of sp³-hybridized carbons (Fsp3) is 0.300. The van der Waals surface area contributed by atoms with Crippen LogP contribution in [0.2, 0.25) is 0 Å². The quantitative estimate of drug-likeness (QED) is 0.753. The van der Waals surface area contributed by atoms with Crippen LogP contribution in [0.4, 0.5) is 13.2 Å². The van der Waals surface area contributed by atoms with E-state index in [9.17, 15) is 18.0 Å². The Labute approximate surface area is 89.8 Å². The van der Waals surface area contributed by atoms with Crippen molar-refractivity contribution in [3.63, 3.8) is 0 Å². The molecule has 0 aromatic heterocycles. The van der Waals surface area contributed by atoms with Crippen LogP contribution in [-0.4, -0.2) is 26.2 Å². The van der Waals surface area contributed by atoms with Crippen LogP contribution >= 0.6 is 0 Å². The number of carbonyl (C=O) groups excluding carboxylic acids is 1. The number of rotatable bonds is 3. The lowest BCUT2D eigenvalue weighted by atomic mass is 10.1. The Kier molecular flexibility index (Phi) is 3.41. The predicted molar refractivity (Wildman–Crippen MR) is 49.9 cm³/mol. The second-order valence-electron chi connectivity index (χ2n) is 2.89. The van der Waals surface area contributed by atoms with Crippen molar-refractivity contribution in [1.82, 2.24) is 0 Å². The molecule has 88 valence electrons. The Bertz CT molecular complexity index is 399. The van der Waals surface area contributed by atoms with Crippen LogP contribution in [0.15, 0.2) is 18.2 Å². The standard InChI is InChI=1S/C10H9F3O3/c1-15-6-3-4-8(16-2)7(5-6)9(14)10(11,12)13/h3-5H,1-2H3. The summed E-state index contributed by atoms with van der Waals surface area (Å²) in [5, 5.41) is 0. The summed E-state index contributed by atoms with van der Waals surface area (Å²) in [5.74, 6) is -1.93. The zero-order chi connectivity index (χ0) is 12.3.